The molecule has 1 rings (SSSR count). The zero-order valence-corrected chi connectivity index (χ0v) is 32.2. The van der Waals surface area contributed by atoms with Crippen molar-refractivity contribution >= 4 is 11.9 Å². The molecular weight excluding hydrogens is 592 g/mol. The fraction of sp³-hybridized carbons (Fsp3) is 0.818. The summed E-state index contributed by atoms with van der Waals surface area (Å²) in [4.78, 5) is 25.5. The van der Waals surface area contributed by atoms with Gasteiger partial charge in [0.1, 0.15) is 0 Å². The van der Waals surface area contributed by atoms with Crippen LogP contribution in [-0.2, 0) is 0 Å². The van der Waals surface area contributed by atoms with Gasteiger partial charge in [-0.2, -0.15) is 0 Å². The maximum Gasteiger partial charge on any atom is 0.336 e. The van der Waals surface area contributed by atoms with Gasteiger partial charge in [-0.15, -0.1) is 0 Å². The van der Waals surface area contributed by atoms with Crippen LogP contribution in [0.3, 0.4) is 0 Å². The fourth-order valence-corrected chi connectivity index (χ4v) is 7.77. The van der Waals surface area contributed by atoms with Gasteiger partial charge in [-0.05, 0) is 54.7 Å². The molecular formula is C44H78O4. The number of hydrogen-bond acceptors (Lipinski definition) is 2. The molecule has 0 fully saturated rings. The van der Waals surface area contributed by atoms with Crippen molar-refractivity contribution in [1.82, 2.24) is 0 Å². The summed E-state index contributed by atoms with van der Waals surface area (Å²) in [6.45, 7) is 9.02. The van der Waals surface area contributed by atoms with E-state index in [1.807, 2.05) is 6.07 Å². The van der Waals surface area contributed by atoms with E-state index < -0.39 is 11.9 Å². The third-order valence-corrected chi connectivity index (χ3v) is 10.7. The minimum atomic E-state index is -1.12. The van der Waals surface area contributed by atoms with Crippen LogP contribution in [0.1, 0.15) is 264 Å². The molecule has 0 aliphatic rings. The first-order chi connectivity index (χ1) is 23.4. The Morgan fingerprint density at radius 1 is 0.438 bits per heavy atom. The first-order valence-corrected chi connectivity index (χ1v) is 21.1. The van der Waals surface area contributed by atoms with Crippen molar-refractivity contribution in [1.29, 1.82) is 0 Å². The molecule has 2 N–H and O–H groups in total. The standard InChI is InChI=1S/C44H78O4/c1-5-9-13-17-21-25-28-32-37(31-27-23-19-15-11-7-3)39-35-36-40(43(45)46)42(44(47)48)41(39)38(33-29-24-20-16-12-8-4)34-30-26-22-18-14-10-6-2/h35-38H,5-34H2,1-4H3,(H,45,46)(H,47,48). The Bertz CT molecular complexity index is 938. The SMILES string of the molecule is CCCCCCCCCC(CCCCCCCC)c1ccc(C(=O)O)c(C(=O)O)c1C(CCCCCCCC)CCCCCCCCC. The maximum atomic E-state index is 13.0. The normalized spacial score (nSPS) is 12.8. The molecule has 0 aliphatic carbocycles. The van der Waals surface area contributed by atoms with Gasteiger partial charge in [-0.3, -0.25) is 0 Å². The smallest absolute Gasteiger partial charge is 0.336 e. The van der Waals surface area contributed by atoms with E-state index in [1.54, 1.807) is 6.07 Å². The summed E-state index contributed by atoms with van der Waals surface area (Å²) in [6.07, 6.45) is 36.3. The second-order valence-electron chi connectivity index (χ2n) is 14.9. The van der Waals surface area contributed by atoms with Crippen LogP contribution in [0.4, 0.5) is 0 Å². The van der Waals surface area contributed by atoms with Crippen molar-refractivity contribution in [3.8, 4) is 0 Å². The van der Waals surface area contributed by atoms with Gasteiger partial charge in [0, 0.05) is 0 Å². The van der Waals surface area contributed by atoms with Crippen LogP contribution in [0.5, 0.6) is 0 Å². The lowest BCUT2D eigenvalue weighted by Gasteiger charge is -2.28. The largest absolute Gasteiger partial charge is 0.478 e. The van der Waals surface area contributed by atoms with Crippen LogP contribution in [0.2, 0.25) is 0 Å². The summed E-state index contributed by atoms with van der Waals surface area (Å²) < 4.78 is 0. The molecule has 0 radical (unpaired) electrons. The van der Waals surface area contributed by atoms with Crippen LogP contribution < -0.4 is 0 Å². The fourth-order valence-electron chi connectivity index (χ4n) is 7.77. The molecule has 1 aromatic rings. The highest BCUT2D eigenvalue weighted by Gasteiger charge is 2.30. The minimum Gasteiger partial charge on any atom is -0.478 e. The van der Waals surface area contributed by atoms with Gasteiger partial charge in [0.15, 0.2) is 0 Å². The van der Waals surface area contributed by atoms with Crippen molar-refractivity contribution in [2.45, 2.75) is 232 Å². The molecule has 1 aromatic carbocycles. The van der Waals surface area contributed by atoms with E-state index in [1.165, 1.54) is 141 Å². The Hall–Kier alpha value is -1.84. The van der Waals surface area contributed by atoms with Gasteiger partial charge >= 0.3 is 11.9 Å². The van der Waals surface area contributed by atoms with Crippen LogP contribution >= 0.6 is 0 Å². The molecule has 4 heteroatoms. The van der Waals surface area contributed by atoms with E-state index in [4.69, 9.17) is 0 Å². The van der Waals surface area contributed by atoms with Gasteiger partial charge in [0.05, 0.1) is 11.1 Å². The number of carbonyl (C=O) groups is 2. The highest BCUT2D eigenvalue weighted by atomic mass is 16.4. The topological polar surface area (TPSA) is 74.6 Å². The Kier molecular flexibility index (Phi) is 27.6. The van der Waals surface area contributed by atoms with Crippen molar-refractivity contribution < 1.29 is 19.8 Å². The first kappa shape index (κ1) is 44.2. The number of benzene rings is 1. The predicted octanol–water partition coefficient (Wildman–Crippen LogP) is 15.0. The summed E-state index contributed by atoms with van der Waals surface area (Å²) in [5.74, 6) is -1.78. The van der Waals surface area contributed by atoms with Crippen molar-refractivity contribution in [2.75, 3.05) is 0 Å². The molecule has 0 heterocycles. The van der Waals surface area contributed by atoms with Crippen molar-refractivity contribution in [3.05, 3.63) is 34.4 Å². The maximum absolute atomic E-state index is 13.0. The molecule has 4 nitrogen and oxygen atoms in total. The van der Waals surface area contributed by atoms with Gasteiger partial charge < -0.3 is 10.2 Å². The summed E-state index contributed by atoms with van der Waals surface area (Å²) in [7, 11) is 0. The van der Waals surface area contributed by atoms with Gasteiger partial charge in [-0.1, -0.05) is 201 Å². The summed E-state index contributed by atoms with van der Waals surface area (Å²) in [5, 5.41) is 20.9. The molecule has 0 saturated heterocycles. The quantitative estimate of drug-likeness (QED) is 0.0716. The highest BCUT2D eigenvalue weighted by Crippen LogP contribution is 2.41. The lowest BCUT2D eigenvalue weighted by Crippen LogP contribution is -2.18. The summed E-state index contributed by atoms with van der Waals surface area (Å²) >= 11 is 0. The average Bonchev–Trinajstić information content (AvgIpc) is 3.07. The van der Waals surface area contributed by atoms with Gasteiger partial charge in [0.25, 0.3) is 0 Å². The molecule has 0 amide bonds. The molecule has 0 bridgehead atoms. The molecule has 0 spiro atoms. The van der Waals surface area contributed by atoms with Gasteiger partial charge in [-0.25, -0.2) is 9.59 Å². The van der Waals surface area contributed by atoms with Crippen LogP contribution in [-0.4, -0.2) is 22.2 Å². The number of carboxylic acid groups (broad SMARTS) is 2. The third-order valence-electron chi connectivity index (χ3n) is 10.7. The third kappa shape index (κ3) is 19.4. The number of carboxylic acids is 2. The van der Waals surface area contributed by atoms with Crippen molar-refractivity contribution in [3.63, 3.8) is 0 Å². The Balaban J connectivity index is 3.42. The van der Waals surface area contributed by atoms with Crippen LogP contribution in [0.25, 0.3) is 0 Å². The van der Waals surface area contributed by atoms with E-state index in [-0.39, 0.29) is 17.0 Å². The zero-order valence-electron chi connectivity index (χ0n) is 32.2. The first-order valence-electron chi connectivity index (χ1n) is 21.1. The molecule has 0 saturated carbocycles. The second-order valence-corrected chi connectivity index (χ2v) is 14.9. The molecule has 2 unspecified atom stereocenters. The second kappa shape index (κ2) is 30.0. The highest BCUT2D eigenvalue weighted by molar-refractivity contribution is 6.03. The Morgan fingerprint density at radius 2 is 0.750 bits per heavy atom. The number of hydrogen-bond donors (Lipinski definition) is 2. The van der Waals surface area contributed by atoms with E-state index in [0.717, 1.165) is 62.5 Å². The monoisotopic (exact) mass is 671 g/mol. The average molecular weight is 671 g/mol. The molecule has 2 atom stereocenters. The zero-order chi connectivity index (χ0) is 35.2. The van der Waals surface area contributed by atoms with Crippen LogP contribution in [0, 0.1) is 0 Å². The minimum absolute atomic E-state index is 0.0250. The predicted molar refractivity (Wildman–Crippen MR) is 207 cm³/mol. The molecule has 0 aromatic heterocycles. The van der Waals surface area contributed by atoms with E-state index in [0.29, 0.717) is 5.92 Å². The number of rotatable bonds is 34. The lowest BCUT2D eigenvalue weighted by molar-refractivity contribution is 0.0649. The summed E-state index contributed by atoms with van der Waals surface area (Å²) in [5.41, 5.74) is 2.12. The molecule has 0 aliphatic heterocycles. The van der Waals surface area contributed by atoms with Gasteiger partial charge in [0.2, 0.25) is 0 Å². The molecule has 278 valence electrons. The van der Waals surface area contributed by atoms with Crippen LogP contribution in [0.15, 0.2) is 12.1 Å². The van der Waals surface area contributed by atoms with E-state index in [2.05, 4.69) is 27.7 Å². The van der Waals surface area contributed by atoms with Crippen molar-refractivity contribution in [2.24, 2.45) is 0 Å². The summed E-state index contributed by atoms with van der Waals surface area (Å²) in [6, 6.07) is 3.67. The number of unbranched alkanes of at least 4 members (excludes halogenated alkanes) is 22. The Morgan fingerprint density at radius 3 is 1.06 bits per heavy atom. The lowest BCUT2D eigenvalue weighted by atomic mass is 9.76. The van der Waals surface area contributed by atoms with E-state index >= 15 is 0 Å². The number of aromatic carboxylic acids is 2. The van der Waals surface area contributed by atoms with E-state index in [9.17, 15) is 19.8 Å². The molecule has 48 heavy (non-hydrogen) atoms. The Labute approximate surface area is 297 Å².